The number of likely N-dealkylation sites (tertiary alicyclic amines) is 1. The van der Waals surface area contributed by atoms with Gasteiger partial charge < -0.3 is 10.2 Å². The Labute approximate surface area is 126 Å². The third-order valence-corrected chi connectivity index (χ3v) is 5.03. The van der Waals surface area contributed by atoms with Gasteiger partial charge in [0.25, 0.3) is 5.91 Å². The van der Waals surface area contributed by atoms with Gasteiger partial charge in [0, 0.05) is 18.5 Å². The molecule has 0 aliphatic carbocycles. The largest absolute Gasteiger partial charge is 0.351 e. The molecule has 2 rings (SSSR count). The molecule has 0 saturated carbocycles. The molecule has 1 aliphatic rings. The lowest BCUT2D eigenvalue weighted by atomic mass is 10.2. The van der Waals surface area contributed by atoms with E-state index in [1.54, 1.807) is 11.3 Å². The van der Waals surface area contributed by atoms with E-state index >= 15 is 0 Å². The third-order valence-electron chi connectivity index (χ3n) is 3.24. The van der Waals surface area contributed by atoms with Crippen molar-refractivity contribution >= 4 is 39.8 Å². The number of thiophene rings is 1. The lowest BCUT2D eigenvalue weighted by Crippen LogP contribution is -2.35. The zero-order valence-corrected chi connectivity index (χ0v) is 13.4. The van der Waals surface area contributed by atoms with Crippen molar-refractivity contribution in [1.29, 1.82) is 0 Å². The van der Waals surface area contributed by atoms with Crippen LogP contribution in [0.1, 0.15) is 36.0 Å². The smallest absolute Gasteiger partial charge is 0.252 e. The Kier molecular flexibility index (Phi) is 5.91. The highest BCUT2D eigenvalue weighted by Crippen LogP contribution is 2.16. The van der Waals surface area contributed by atoms with Crippen molar-refractivity contribution in [2.24, 2.45) is 0 Å². The number of hydrogen-bond acceptors (Lipinski definition) is 3. The molecular formula is C13H19IN2OS. The summed E-state index contributed by atoms with van der Waals surface area (Å²) >= 11 is 3.85. The highest BCUT2D eigenvalue weighted by molar-refractivity contribution is 14.1. The zero-order valence-electron chi connectivity index (χ0n) is 10.5. The molecule has 0 bridgehead atoms. The van der Waals surface area contributed by atoms with Gasteiger partial charge in [0.2, 0.25) is 0 Å². The van der Waals surface area contributed by atoms with Crippen molar-refractivity contribution < 1.29 is 4.79 Å². The Morgan fingerprint density at radius 2 is 2.06 bits per heavy atom. The van der Waals surface area contributed by atoms with E-state index in [4.69, 9.17) is 0 Å². The highest BCUT2D eigenvalue weighted by Gasteiger charge is 2.10. The Hall–Kier alpha value is -0.140. The standard InChI is InChI=1S/C13H19IN2OS/c14-12-9-11(10-18-12)13(17)15-5-8-16-6-3-1-2-4-7-16/h9-10H,1-8H2,(H,15,17). The van der Waals surface area contributed by atoms with Gasteiger partial charge in [-0.25, -0.2) is 0 Å². The maximum atomic E-state index is 11.8. The van der Waals surface area contributed by atoms with Gasteiger partial charge in [-0.3, -0.25) is 4.79 Å². The van der Waals surface area contributed by atoms with E-state index in [2.05, 4.69) is 32.8 Å². The van der Waals surface area contributed by atoms with Crippen molar-refractivity contribution in [3.63, 3.8) is 0 Å². The molecule has 0 unspecified atom stereocenters. The molecule has 100 valence electrons. The fraction of sp³-hybridized carbons (Fsp3) is 0.615. The molecule has 2 heterocycles. The van der Waals surface area contributed by atoms with Gasteiger partial charge in [-0.05, 0) is 54.6 Å². The van der Waals surface area contributed by atoms with Crippen LogP contribution >= 0.6 is 33.9 Å². The first kappa shape index (κ1) is 14.3. The normalized spacial score (nSPS) is 17.4. The number of hydrogen-bond donors (Lipinski definition) is 1. The van der Waals surface area contributed by atoms with Gasteiger partial charge >= 0.3 is 0 Å². The maximum absolute atomic E-state index is 11.8. The van der Waals surface area contributed by atoms with Crippen LogP contribution in [-0.4, -0.2) is 37.0 Å². The minimum Gasteiger partial charge on any atom is -0.351 e. The van der Waals surface area contributed by atoms with E-state index in [-0.39, 0.29) is 5.91 Å². The van der Waals surface area contributed by atoms with Gasteiger partial charge in [-0.1, -0.05) is 12.8 Å². The molecule has 0 aromatic carbocycles. The maximum Gasteiger partial charge on any atom is 0.252 e. The lowest BCUT2D eigenvalue weighted by molar-refractivity contribution is 0.0949. The van der Waals surface area contributed by atoms with E-state index in [0.29, 0.717) is 0 Å². The predicted molar refractivity (Wildman–Crippen MR) is 84.3 cm³/mol. The second kappa shape index (κ2) is 7.45. The quantitative estimate of drug-likeness (QED) is 0.818. The molecule has 1 aromatic rings. The average Bonchev–Trinajstić information content (AvgIpc) is 2.63. The summed E-state index contributed by atoms with van der Waals surface area (Å²) in [5.74, 6) is 0.0592. The van der Waals surface area contributed by atoms with E-state index in [0.717, 1.165) is 21.5 Å². The fourth-order valence-corrected chi connectivity index (χ4v) is 3.55. The first-order chi connectivity index (χ1) is 8.75. The average molecular weight is 378 g/mol. The number of amides is 1. The summed E-state index contributed by atoms with van der Waals surface area (Å²) in [5, 5.41) is 4.92. The second-order valence-electron chi connectivity index (χ2n) is 4.65. The van der Waals surface area contributed by atoms with Crippen LogP contribution in [-0.2, 0) is 0 Å². The molecule has 1 N–H and O–H groups in total. The number of nitrogens with one attached hydrogen (secondary N) is 1. The van der Waals surface area contributed by atoms with Gasteiger partial charge in [0.15, 0.2) is 0 Å². The minimum atomic E-state index is 0.0592. The van der Waals surface area contributed by atoms with Crippen LogP contribution in [0.4, 0.5) is 0 Å². The monoisotopic (exact) mass is 378 g/mol. The van der Waals surface area contributed by atoms with E-state index in [1.165, 1.54) is 38.8 Å². The van der Waals surface area contributed by atoms with Crippen LogP contribution < -0.4 is 5.32 Å². The summed E-state index contributed by atoms with van der Waals surface area (Å²) in [4.78, 5) is 14.3. The topological polar surface area (TPSA) is 32.3 Å². The predicted octanol–water partition coefficient (Wildman–Crippen LogP) is 2.96. The number of halogens is 1. The van der Waals surface area contributed by atoms with Gasteiger partial charge in [0.1, 0.15) is 0 Å². The van der Waals surface area contributed by atoms with Crippen LogP contribution in [0.25, 0.3) is 0 Å². The molecule has 18 heavy (non-hydrogen) atoms. The van der Waals surface area contributed by atoms with E-state index in [9.17, 15) is 4.79 Å². The molecular weight excluding hydrogens is 359 g/mol. The van der Waals surface area contributed by atoms with Crippen LogP contribution in [0.2, 0.25) is 0 Å². The molecule has 0 atom stereocenters. The van der Waals surface area contributed by atoms with Crippen LogP contribution in [0, 0.1) is 2.88 Å². The number of carbonyl (C=O) groups is 1. The number of nitrogens with zero attached hydrogens (tertiary/aromatic N) is 1. The van der Waals surface area contributed by atoms with Gasteiger partial charge in [-0.2, -0.15) is 0 Å². The van der Waals surface area contributed by atoms with Crippen LogP contribution in [0.5, 0.6) is 0 Å². The summed E-state index contributed by atoms with van der Waals surface area (Å²) in [5.41, 5.74) is 0.792. The third kappa shape index (κ3) is 4.51. The summed E-state index contributed by atoms with van der Waals surface area (Å²) in [6.45, 7) is 4.11. The zero-order chi connectivity index (χ0) is 12.8. The van der Waals surface area contributed by atoms with Crippen LogP contribution in [0.3, 0.4) is 0 Å². The summed E-state index contributed by atoms with van der Waals surface area (Å²) in [6.07, 6.45) is 5.32. The highest BCUT2D eigenvalue weighted by atomic mass is 127. The van der Waals surface area contributed by atoms with Crippen LogP contribution in [0.15, 0.2) is 11.4 Å². The second-order valence-corrected chi connectivity index (χ2v) is 7.46. The van der Waals surface area contributed by atoms with Gasteiger partial charge in [0.05, 0.1) is 8.45 Å². The van der Waals surface area contributed by atoms with Crippen molar-refractivity contribution in [1.82, 2.24) is 10.2 Å². The summed E-state index contributed by atoms with van der Waals surface area (Å²) < 4.78 is 1.16. The van der Waals surface area contributed by atoms with Crippen molar-refractivity contribution in [3.05, 3.63) is 19.9 Å². The Balaban J connectivity index is 1.69. The SMILES string of the molecule is O=C(NCCN1CCCCCC1)c1csc(I)c1. The molecule has 0 spiro atoms. The summed E-state index contributed by atoms with van der Waals surface area (Å²) in [6, 6.07) is 1.94. The van der Waals surface area contributed by atoms with Gasteiger partial charge in [-0.15, -0.1) is 11.3 Å². The number of rotatable bonds is 4. The molecule has 1 fully saturated rings. The minimum absolute atomic E-state index is 0.0592. The lowest BCUT2D eigenvalue weighted by Gasteiger charge is -2.19. The summed E-state index contributed by atoms with van der Waals surface area (Å²) in [7, 11) is 0. The first-order valence-corrected chi connectivity index (χ1v) is 8.46. The molecule has 3 nitrogen and oxygen atoms in total. The molecule has 1 amide bonds. The first-order valence-electron chi connectivity index (χ1n) is 6.50. The van der Waals surface area contributed by atoms with Crippen molar-refractivity contribution in [2.45, 2.75) is 25.7 Å². The van der Waals surface area contributed by atoms with Crippen molar-refractivity contribution in [2.75, 3.05) is 26.2 Å². The fourth-order valence-electron chi connectivity index (χ4n) is 2.22. The molecule has 5 heteroatoms. The number of carbonyl (C=O) groups excluding carboxylic acids is 1. The van der Waals surface area contributed by atoms with Crippen molar-refractivity contribution in [3.8, 4) is 0 Å². The molecule has 0 radical (unpaired) electrons. The molecule has 1 aliphatic heterocycles. The molecule has 1 aromatic heterocycles. The Morgan fingerprint density at radius 3 is 2.67 bits per heavy atom. The Morgan fingerprint density at radius 1 is 1.33 bits per heavy atom. The Bertz CT molecular complexity index is 386. The van der Waals surface area contributed by atoms with E-state index < -0.39 is 0 Å². The molecule has 1 saturated heterocycles. The van der Waals surface area contributed by atoms with E-state index in [1.807, 2.05) is 11.4 Å².